The van der Waals surface area contributed by atoms with E-state index in [1.807, 2.05) is 54.6 Å². The third kappa shape index (κ3) is 4.74. The van der Waals surface area contributed by atoms with Crippen LogP contribution in [-0.4, -0.2) is 19.0 Å². The lowest BCUT2D eigenvalue weighted by molar-refractivity contribution is -0.123. The van der Waals surface area contributed by atoms with Gasteiger partial charge in [-0.15, -0.1) is 0 Å². The SMILES string of the molecule is O=C(Nc1cc(F)cc(N2CCCC2)c1)C(Oc1ccccc1)c1ccccc1. The van der Waals surface area contributed by atoms with Crippen molar-refractivity contribution < 1.29 is 13.9 Å². The number of carbonyl (C=O) groups excluding carboxylic acids is 1. The summed E-state index contributed by atoms with van der Waals surface area (Å²) in [6, 6.07) is 23.1. The normalized spacial score (nSPS) is 14.4. The first-order valence-corrected chi connectivity index (χ1v) is 9.82. The number of para-hydroxylation sites is 1. The first kappa shape index (κ1) is 19.0. The molecule has 4 rings (SSSR count). The van der Waals surface area contributed by atoms with Gasteiger partial charge in [0.2, 0.25) is 6.10 Å². The summed E-state index contributed by atoms with van der Waals surface area (Å²) in [7, 11) is 0. The van der Waals surface area contributed by atoms with E-state index in [-0.39, 0.29) is 11.7 Å². The number of halogens is 1. The lowest BCUT2D eigenvalue weighted by Crippen LogP contribution is -2.26. The average Bonchev–Trinajstić information content (AvgIpc) is 3.28. The minimum atomic E-state index is -0.850. The Morgan fingerprint density at radius 3 is 2.28 bits per heavy atom. The molecule has 1 unspecified atom stereocenters. The predicted molar refractivity (Wildman–Crippen MR) is 113 cm³/mol. The van der Waals surface area contributed by atoms with Crippen molar-refractivity contribution in [3.05, 3.63) is 90.2 Å². The molecule has 29 heavy (non-hydrogen) atoms. The highest BCUT2D eigenvalue weighted by molar-refractivity contribution is 5.95. The standard InChI is InChI=1S/C24H23FN2O2/c25-19-15-20(17-21(16-19)27-13-7-8-14-27)26-24(28)23(18-9-3-1-4-10-18)29-22-11-5-2-6-12-22/h1-6,9-12,15-17,23H,7-8,13-14H2,(H,26,28). The lowest BCUT2D eigenvalue weighted by Gasteiger charge is -2.21. The van der Waals surface area contributed by atoms with E-state index in [1.54, 1.807) is 12.1 Å². The number of benzene rings is 3. The minimum Gasteiger partial charge on any atom is -0.476 e. The average molecular weight is 390 g/mol. The fourth-order valence-electron chi connectivity index (χ4n) is 3.55. The van der Waals surface area contributed by atoms with Crippen LogP contribution in [0.25, 0.3) is 0 Å². The summed E-state index contributed by atoms with van der Waals surface area (Å²) >= 11 is 0. The van der Waals surface area contributed by atoms with Crippen LogP contribution in [-0.2, 0) is 4.79 Å². The first-order chi connectivity index (χ1) is 14.2. The maximum Gasteiger partial charge on any atom is 0.270 e. The topological polar surface area (TPSA) is 41.6 Å². The zero-order chi connectivity index (χ0) is 20.1. The molecule has 4 nitrogen and oxygen atoms in total. The van der Waals surface area contributed by atoms with Crippen LogP contribution in [0.4, 0.5) is 15.8 Å². The molecule has 1 fully saturated rings. The van der Waals surface area contributed by atoms with Gasteiger partial charge in [0, 0.05) is 30.0 Å². The van der Waals surface area contributed by atoms with Crippen LogP contribution in [0.15, 0.2) is 78.9 Å². The third-order valence-electron chi connectivity index (χ3n) is 4.96. The molecule has 1 amide bonds. The quantitative estimate of drug-likeness (QED) is 0.630. The number of anilines is 2. The molecule has 1 aliphatic rings. The Kier molecular flexibility index (Phi) is 5.75. The van der Waals surface area contributed by atoms with Crippen LogP contribution in [0.3, 0.4) is 0 Å². The summed E-state index contributed by atoms with van der Waals surface area (Å²) in [4.78, 5) is 15.2. The van der Waals surface area contributed by atoms with Crippen LogP contribution >= 0.6 is 0 Å². The van der Waals surface area contributed by atoms with Gasteiger partial charge in [-0.2, -0.15) is 0 Å². The van der Waals surface area contributed by atoms with E-state index in [2.05, 4.69) is 10.2 Å². The Hall–Kier alpha value is -3.34. The second-order valence-electron chi connectivity index (χ2n) is 7.10. The number of nitrogens with zero attached hydrogens (tertiary/aromatic N) is 1. The Labute approximate surface area is 169 Å². The van der Waals surface area contributed by atoms with Gasteiger partial charge in [-0.3, -0.25) is 4.79 Å². The Bertz CT molecular complexity index is 957. The molecule has 148 valence electrons. The van der Waals surface area contributed by atoms with Crippen molar-refractivity contribution in [1.29, 1.82) is 0 Å². The van der Waals surface area contributed by atoms with Crippen molar-refractivity contribution in [1.82, 2.24) is 0 Å². The van der Waals surface area contributed by atoms with Crippen LogP contribution in [0.2, 0.25) is 0 Å². The smallest absolute Gasteiger partial charge is 0.270 e. The zero-order valence-corrected chi connectivity index (χ0v) is 16.1. The molecule has 5 heteroatoms. The van der Waals surface area contributed by atoms with Gasteiger partial charge in [-0.25, -0.2) is 4.39 Å². The summed E-state index contributed by atoms with van der Waals surface area (Å²) in [5.74, 6) is -0.128. The van der Waals surface area contributed by atoms with Gasteiger partial charge in [0.05, 0.1) is 0 Å². The number of carbonyl (C=O) groups is 1. The highest BCUT2D eigenvalue weighted by Gasteiger charge is 2.23. The molecule has 1 aliphatic heterocycles. The summed E-state index contributed by atoms with van der Waals surface area (Å²) in [6.45, 7) is 1.81. The number of nitrogens with one attached hydrogen (secondary N) is 1. The molecule has 0 bridgehead atoms. The van der Waals surface area contributed by atoms with Gasteiger partial charge in [0.15, 0.2) is 0 Å². The molecule has 1 heterocycles. The minimum absolute atomic E-state index is 0.349. The van der Waals surface area contributed by atoms with E-state index in [4.69, 9.17) is 4.74 Å². The summed E-state index contributed by atoms with van der Waals surface area (Å²) < 4.78 is 20.2. The molecule has 0 spiro atoms. The largest absolute Gasteiger partial charge is 0.476 e. The Balaban J connectivity index is 1.58. The van der Waals surface area contributed by atoms with E-state index >= 15 is 0 Å². The molecular weight excluding hydrogens is 367 g/mol. The molecule has 0 saturated carbocycles. The van der Waals surface area contributed by atoms with Crippen molar-refractivity contribution in [2.24, 2.45) is 0 Å². The zero-order valence-electron chi connectivity index (χ0n) is 16.1. The Morgan fingerprint density at radius 2 is 1.59 bits per heavy atom. The molecule has 1 N–H and O–H groups in total. The molecule has 0 aromatic heterocycles. The second-order valence-corrected chi connectivity index (χ2v) is 7.10. The monoisotopic (exact) mass is 390 g/mol. The molecule has 1 saturated heterocycles. The molecule has 3 aromatic carbocycles. The van der Waals surface area contributed by atoms with Crippen LogP contribution in [0, 0.1) is 5.82 Å². The summed E-state index contributed by atoms with van der Waals surface area (Å²) in [5, 5.41) is 2.83. The molecule has 0 radical (unpaired) electrons. The lowest BCUT2D eigenvalue weighted by atomic mass is 10.1. The molecule has 1 atom stereocenters. The van der Waals surface area contributed by atoms with E-state index in [0.717, 1.165) is 37.2 Å². The van der Waals surface area contributed by atoms with Gasteiger partial charge in [0.25, 0.3) is 5.91 Å². The second kappa shape index (κ2) is 8.78. The molecule has 0 aliphatic carbocycles. The highest BCUT2D eigenvalue weighted by atomic mass is 19.1. The van der Waals surface area contributed by atoms with Crippen LogP contribution < -0.4 is 15.0 Å². The Morgan fingerprint density at radius 1 is 0.931 bits per heavy atom. The number of amides is 1. The van der Waals surface area contributed by atoms with Crippen molar-refractivity contribution >= 4 is 17.3 Å². The number of ether oxygens (including phenoxy) is 1. The fourth-order valence-corrected chi connectivity index (χ4v) is 3.55. The number of rotatable bonds is 6. The maximum atomic E-state index is 14.2. The first-order valence-electron chi connectivity index (χ1n) is 9.82. The fraction of sp³-hybridized carbons (Fsp3) is 0.208. The van der Waals surface area contributed by atoms with Gasteiger partial charge in [-0.1, -0.05) is 48.5 Å². The summed E-state index contributed by atoms with van der Waals surface area (Å²) in [6.07, 6.45) is 1.34. The van der Waals surface area contributed by atoms with Gasteiger partial charge < -0.3 is 15.0 Å². The van der Waals surface area contributed by atoms with E-state index < -0.39 is 6.10 Å². The van der Waals surface area contributed by atoms with E-state index in [0.29, 0.717) is 11.4 Å². The van der Waals surface area contributed by atoms with Crippen molar-refractivity contribution in [2.75, 3.05) is 23.3 Å². The van der Waals surface area contributed by atoms with Crippen molar-refractivity contribution in [3.8, 4) is 5.75 Å². The maximum absolute atomic E-state index is 14.2. The van der Waals surface area contributed by atoms with Crippen LogP contribution in [0.1, 0.15) is 24.5 Å². The van der Waals surface area contributed by atoms with Crippen molar-refractivity contribution in [3.63, 3.8) is 0 Å². The van der Waals surface area contributed by atoms with Crippen molar-refractivity contribution in [2.45, 2.75) is 18.9 Å². The number of hydrogen-bond donors (Lipinski definition) is 1. The van der Waals surface area contributed by atoms with E-state index in [9.17, 15) is 9.18 Å². The number of hydrogen-bond acceptors (Lipinski definition) is 3. The molecule has 3 aromatic rings. The van der Waals surface area contributed by atoms with Crippen LogP contribution in [0.5, 0.6) is 5.75 Å². The summed E-state index contributed by atoms with van der Waals surface area (Å²) in [5.41, 5.74) is 1.94. The predicted octanol–water partition coefficient (Wildman–Crippen LogP) is 5.18. The third-order valence-corrected chi connectivity index (χ3v) is 4.96. The van der Waals surface area contributed by atoms with Gasteiger partial charge in [-0.05, 0) is 43.2 Å². The van der Waals surface area contributed by atoms with Gasteiger partial charge in [0.1, 0.15) is 11.6 Å². The molecular formula is C24H23FN2O2. The van der Waals surface area contributed by atoms with Gasteiger partial charge >= 0.3 is 0 Å². The van der Waals surface area contributed by atoms with E-state index in [1.165, 1.54) is 12.1 Å². The highest BCUT2D eigenvalue weighted by Crippen LogP contribution is 2.27.